The quantitative estimate of drug-likeness (QED) is 0.836. The Morgan fingerprint density at radius 2 is 2.19 bits per heavy atom. The lowest BCUT2D eigenvalue weighted by atomic mass is 10.3. The van der Waals surface area contributed by atoms with Gasteiger partial charge in [0.25, 0.3) is 5.56 Å². The number of hydrogen-bond acceptors (Lipinski definition) is 5. The molecule has 0 aliphatic heterocycles. The van der Waals surface area contributed by atoms with E-state index in [9.17, 15) is 4.79 Å². The first-order valence-corrected chi connectivity index (χ1v) is 7.19. The predicted molar refractivity (Wildman–Crippen MR) is 80.6 cm³/mol. The lowest BCUT2D eigenvalue weighted by molar-refractivity contribution is 0.650. The molecule has 0 radical (unpaired) electrons. The molecule has 0 amide bonds. The maximum Gasteiger partial charge on any atom is 0.269 e. The van der Waals surface area contributed by atoms with Gasteiger partial charge >= 0.3 is 0 Å². The first-order chi connectivity index (χ1) is 10.2. The van der Waals surface area contributed by atoms with Gasteiger partial charge in [-0.2, -0.15) is 10.5 Å². The van der Waals surface area contributed by atoms with Gasteiger partial charge in [0.15, 0.2) is 5.57 Å². The first kappa shape index (κ1) is 14.7. The van der Waals surface area contributed by atoms with Gasteiger partial charge in [0.05, 0.1) is 10.2 Å². The summed E-state index contributed by atoms with van der Waals surface area (Å²) in [5.74, 6) is 0. The van der Waals surface area contributed by atoms with Gasteiger partial charge in [0, 0.05) is 12.7 Å². The van der Waals surface area contributed by atoms with Crippen molar-refractivity contribution in [2.75, 3.05) is 0 Å². The van der Waals surface area contributed by atoms with Crippen molar-refractivity contribution < 1.29 is 0 Å². The van der Waals surface area contributed by atoms with Gasteiger partial charge in [-0.25, -0.2) is 0 Å². The summed E-state index contributed by atoms with van der Waals surface area (Å²) in [6.45, 7) is 2.42. The summed E-state index contributed by atoms with van der Waals surface area (Å²) in [6.07, 6.45) is 4.07. The number of aromatic nitrogens is 2. The minimum atomic E-state index is -0.189. The van der Waals surface area contributed by atoms with Crippen molar-refractivity contribution in [3.63, 3.8) is 0 Å². The summed E-state index contributed by atoms with van der Waals surface area (Å²) in [7, 11) is 0. The molecule has 21 heavy (non-hydrogen) atoms. The van der Waals surface area contributed by atoms with E-state index in [0.717, 1.165) is 17.8 Å². The summed E-state index contributed by atoms with van der Waals surface area (Å²) in [6, 6.07) is 9.12. The van der Waals surface area contributed by atoms with Gasteiger partial charge in [0.2, 0.25) is 0 Å². The zero-order chi connectivity index (χ0) is 15.2. The largest absolute Gasteiger partial charge is 0.297 e. The maximum atomic E-state index is 12.4. The number of pyridine rings is 1. The summed E-state index contributed by atoms with van der Waals surface area (Å²) in [4.78, 5) is 16.6. The molecule has 0 bridgehead atoms. The molecular weight excluding hydrogens is 284 g/mol. The first-order valence-electron chi connectivity index (χ1n) is 6.38. The van der Waals surface area contributed by atoms with E-state index in [0.29, 0.717) is 21.4 Å². The maximum absolute atomic E-state index is 12.4. The Bertz CT molecular complexity index is 878. The molecular formula is C15H12N4OS. The van der Waals surface area contributed by atoms with E-state index in [2.05, 4.69) is 4.98 Å². The van der Waals surface area contributed by atoms with Crippen LogP contribution in [-0.4, -0.2) is 9.55 Å². The zero-order valence-corrected chi connectivity index (χ0v) is 12.2. The molecule has 2 heterocycles. The molecule has 0 N–H and O–H groups in total. The molecule has 0 spiro atoms. The van der Waals surface area contributed by atoms with Gasteiger partial charge in [0.1, 0.15) is 16.8 Å². The van der Waals surface area contributed by atoms with Gasteiger partial charge < -0.3 is 0 Å². The second kappa shape index (κ2) is 6.65. The minimum Gasteiger partial charge on any atom is -0.297 e. The molecule has 0 fully saturated rings. The molecule has 0 aliphatic rings. The van der Waals surface area contributed by atoms with Crippen LogP contribution >= 0.6 is 11.3 Å². The van der Waals surface area contributed by atoms with Crippen molar-refractivity contribution in [2.24, 2.45) is 0 Å². The van der Waals surface area contributed by atoms with Crippen LogP contribution in [0.4, 0.5) is 0 Å². The molecule has 2 aromatic rings. The van der Waals surface area contributed by atoms with Gasteiger partial charge in [-0.3, -0.25) is 14.3 Å². The highest BCUT2D eigenvalue weighted by Crippen LogP contribution is 1.95. The van der Waals surface area contributed by atoms with E-state index < -0.39 is 0 Å². The fraction of sp³-hybridized carbons (Fsp3) is 0.200. The fourth-order valence-electron chi connectivity index (χ4n) is 1.85. The predicted octanol–water partition coefficient (Wildman–Crippen LogP) is 0.741. The summed E-state index contributed by atoms with van der Waals surface area (Å²) < 4.78 is 2.37. The molecule has 0 aromatic carbocycles. The highest BCUT2D eigenvalue weighted by Gasteiger charge is 2.08. The third-order valence-electron chi connectivity index (χ3n) is 2.76. The van der Waals surface area contributed by atoms with Crippen LogP contribution in [0.5, 0.6) is 0 Å². The Kier molecular flexibility index (Phi) is 4.65. The number of hydrogen-bond donors (Lipinski definition) is 0. The van der Waals surface area contributed by atoms with Crippen LogP contribution in [0.3, 0.4) is 0 Å². The van der Waals surface area contributed by atoms with Crippen LogP contribution < -0.4 is 14.8 Å². The van der Waals surface area contributed by atoms with Crippen LogP contribution in [0, 0.1) is 22.7 Å². The van der Waals surface area contributed by atoms with Crippen molar-refractivity contribution in [1.29, 1.82) is 10.5 Å². The highest BCUT2D eigenvalue weighted by molar-refractivity contribution is 7.07. The lowest BCUT2D eigenvalue weighted by Crippen LogP contribution is -2.32. The van der Waals surface area contributed by atoms with Crippen molar-refractivity contribution in [3.8, 4) is 12.1 Å². The number of rotatable bonds is 3. The molecule has 0 aliphatic carbocycles. The molecule has 6 heteroatoms. The third-order valence-corrected chi connectivity index (χ3v) is 3.89. The number of nitrogens with zero attached hydrogens (tertiary/aromatic N) is 4. The Labute approximate surface area is 125 Å². The SMILES string of the molecule is CCCn1c(=C(C#N)C#N)s/c(=C/c2ccccn2)c1=O. The van der Waals surface area contributed by atoms with Gasteiger partial charge in [-0.15, -0.1) is 11.3 Å². The second-order valence-corrected chi connectivity index (χ2v) is 5.26. The van der Waals surface area contributed by atoms with Crippen molar-refractivity contribution in [1.82, 2.24) is 9.55 Å². The monoisotopic (exact) mass is 296 g/mol. The standard InChI is InChI=1S/C15H12N4OS/c1-2-7-19-14(20)13(8-12-5-3-4-6-18-12)21-15(19)11(9-16)10-17/h3-6,8H,2,7H2,1H3/b13-8+. The summed E-state index contributed by atoms with van der Waals surface area (Å²) in [5.41, 5.74) is 0.443. The summed E-state index contributed by atoms with van der Waals surface area (Å²) >= 11 is 1.15. The molecule has 0 unspecified atom stereocenters. The van der Waals surface area contributed by atoms with Crippen molar-refractivity contribution >= 4 is 23.0 Å². The molecule has 2 aromatic heterocycles. The molecule has 2 rings (SSSR count). The highest BCUT2D eigenvalue weighted by atomic mass is 32.1. The van der Waals surface area contributed by atoms with Crippen molar-refractivity contribution in [2.45, 2.75) is 19.9 Å². The van der Waals surface area contributed by atoms with E-state index in [1.54, 1.807) is 24.4 Å². The fourth-order valence-corrected chi connectivity index (χ4v) is 2.91. The van der Waals surface area contributed by atoms with E-state index in [4.69, 9.17) is 10.5 Å². The Morgan fingerprint density at radius 3 is 2.76 bits per heavy atom. The van der Waals surface area contributed by atoms with E-state index in [1.807, 2.05) is 25.1 Å². The molecule has 104 valence electrons. The van der Waals surface area contributed by atoms with Crippen LogP contribution in [0.15, 0.2) is 29.2 Å². The van der Waals surface area contributed by atoms with E-state index >= 15 is 0 Å². The molecule has 5 nitrogen and oxygen atoms in total. The Hall–Kier alpha value is -2.70. The average Bonchev–Trinajstić information content (AvgIpc) is 2.80. The van der Waals surface area contributed by atoms with Gasteiger partial charge in [-0.1, -0.05) is 13.0 Å². The average molecular weight is 296 g/mol. The van der Waals surface area contributed by atoms with Gasteiger partial charge in [-0.05, 0) is 24.6 Å². The van der Waals surface area contributed by atoms with E-state index in [-0.39, 0.29) is 11.1 Å². The van der Waals surface area contributed by atoms with Crippen LogP contribution in [0.1, 0.15) is 19.0 Å². The smallest absolute Gasteiger partial charge is 0.269 e. The molecule has 0 saturated heterocycles. The lowest BCUT2D eigenvalue weighted by Gasteiger charge is -1.96. The van der Waals surface area contributed by atoms with E-state index in [1.165, 1.54) is 4.57 Å². The molecule has 0 saturated carbocycles. The topological polar surface area (TPSA) is 82.5 Å². The summed E-state index contributed by atoms with van der Waals surface area (Å²) in [5, 5.41) is 18.0. The van der Waals surface area contributed by atoms with Crippen LogP contribution in [-0.2, 0) is 6.54 Å². The van der Waals surface area contributed by atoms with Crippen LogP contribution in [0.25, 0.3) is 11.6 Å². The molecule has 0 atom stereocenters. The Morgan fingerprint density at radius 1 is 1.43 bits per heavy atom. The third kappa shape index (κ3) is 3.07. The van der Waals surface area contributed by atoms with Crippen LogP contribution in [0.2, 0.25) is 0 Å². The number of thiazole rings is 1. The Balaban J connectivity index is 2.79. The normalized spacial score (nSPS) is 10.9. The number of nitriles is 2. The van der Waals surface area contributed by atoms with Crippen molar-refractivity contribution in [3.05, 3.63) is 49.6 Å². The minimum absolute atomic E-state index is 0.0359. The second-order valence-electron chi connectivity index (χ2n) is 4.23. The zero-order valence-electron chi connectivity index (χ0n) is 11.4.